The molecule has 0 heterocycles. The number of nitrogens with zero attached hydrogens (tertiary/aromatic N) is 4. The Bertz CT molecular complexity index is 2920. The van der Waals surface area contributed by atoms with E-state index in [-0.39, 0.29) is 44.4 Å². The normalized spacial score (nSPS) is 12.5. The molecule has 6 aromatic rings. The fraction of sp³-hybridized carbons (Fsp3) is 0.0857. The van der Waals surface area contributed by atoms with Crippen molar-refractivity contribution >= 4 is 86.0 Å². The van der Waals surface area contributed by atoms with Crippen LogP contribution in [0, 0.1) is 6.92 Å². The van der Waals surface area contributed by atoms with Crippen molar-refractivity contribution in [3.8, 4) is 17.2 Å². The summed E-state index contributed by atoms with van der Waals surface area (Å²) in [6, 6.07) is 21.3. The maximum Gasteiger partial charge on any atom is 0.296 e. The third-order valence-corrected chi connectivity index (χ3v) is 10.9. The van der Waals surface area contributed by atoms with E-state index in [1.54, 1.807) is 50.4 Å². The predicted molar refractivity (Wildman–Crippen MR) is 201 cm³/mol. The predicted octanol–water partition coefficient (Wildman–Crippen LogP) is 8.34. The number of anilines is 2. The van der Waals surface area contributed by atoms with Crippen LogP contribution in [0.15, 0.2) is 126 Å². The number of phenols is 1. The van der Waals surface area contributed by atoms with Crippen molar-refractivity contribution in [3.05, 3.63) is 96.6 Å². The van der Waals surface area contributed by atoms with Gasteiger partial charge >= 0.3 is 0 Å². The third kappa shape index (κ3) is 8.23. The summed E-state index contributed by atoms with van der Waals surface area (Å²) in [7, 11) is -11.8. The van der Waals surface area contributed by atoms with Gasteiger partial charge in [0.25, 0.3) is 30.4 Å². The molecule has 0 unspecified atom stereocenters. The quantitative estimate of drug-likeness (QED) is 0.0609. The second-order valence-electron chi connectivity index (χ2n) is 11.8. The zero-order valence-electron chi connectivity index (χ0n) is 28.7. The lowest BCUT2D eigenvalue weighted by atomic mass is 10.1. The first-order valence-corrected chi connectivity index (χ1v) is 19.9. The van der Waals surface area contributed by atoms with Crippen LogP contribution in [-0.2, 0) is 30.4 Å². The number of aryl methyl sites for hydroxylation is 1. The van der Waals surface area contributed by atoms with E-state index in [4.69, 9.17) is 9.47 Å². The molecule has 0 spiro atoms. The number of phenolic OH excluding ortho intramolecular Hbond substituents is 1. The van der Waals surface area contributed by atoms with Crippen LogP contribution in [-0.4, -0.2) is 58.2 Å². The van der Waals surface area contributed by atoms with E-state index < -0.39 is 56.5 Å². The zero-order valence-corrected chi connectivity index (χ0v) is 31.2. The molecule has 0 amide bonds. The van der Waals surface area contributed by atoms with Crippen molar-refractivity contribution in [3.63, 3.8) is 0 Å². The van der Waals surface area contributed by atoms with Crippen LogP contribution in [0.25, 0.3) is 21.5 Å². The number of hydrogen-bond acceptors (Lipinski definition) is 14. The van der Waals surface area contributed by atoms with Crippen LogP contribution in [0.4, 0.5) is 34.1 Å². The molecular weight excluding hydrogens is 779 g/mol. The summed E-state index contributed by atoms with van der Waals surface area (Å²) in [6.07, 6.45) is 0. The number of rotatable bonds is 11. The molecule has 20 heteroatoms. The number of hydrogen-bond donors (Lipinski definition) is 5. The maximum absolute atomic E-state index is 12.5. The summed E-state index contributed by atoms with van der Waals surface area (Å²) in [6.45, 7) is 1.59. The molecule has 55 heavy (non-hydrogen) atoms. The largest absolute Gasteiger partial charge is 0.505 e. The van der Waals surface area contributed by atoms with Crippen LogP contribution in [0.2, 0.25) is 0 Å². The molecule has 0 aliphatic carbocycles. The minimum absolute atomic E-state index is 0.0379. The van der Waals surface area contributed by atoms with E-state index in [0.717, 1.165) is 24.3 Å². The molecule has 284 valence electrons. The molecule has 6 aromatic carbocycles. The molecule has 5 N–H and O–H groups in total. The van der Waals surface area contributed by atoms with Gasteiger partial charge in [-0.25, -0.2) is 0 Å². The molecule has 0 saturated heterocycles. The van der Waals surface area contributed by atoms with Gasteiger partial charge in [-0.1, -0.05) is 12.1 Å². The van der Waals surface area contributed by atoms with E-state index >= 15 is 0 Å². The van der Waals surface area contributed by atoms with Gasteiger partial charge in [-0.2, -0.15) is 35.5 Å². The van der Waals surface area contributed by atoms with Crippen molar-refractivity contribution in [2.24, 2.45) is 20.5 Å². The minimum Gasteiger partial charge on any atom is -0.505 e. The molecule has 6 rings (SSSR count). The van der Waals surface area contributed by atoms with Gasteiger partial charge < -0.3 is 19.9 Å². The topological polar surface area (TPSA) is 263 Å². The molecule has 0 aliphatic rings. The van der Waals surface area contributed by atoms with Crippen molar-refractivity contribution in [1.82, 2.24) is 0 Å². The van der Waals surface area contributed by atoms with Crippen molar-refractivity contribution in [2.75, 3.05) is 19.5 Å². The zero-order chi connectivity index (χ0) is 39.9. The first-order chi connectivity index (χ1) is 25.9. The highest BCUT2D eigenvalue weighted by molar-refractivity contribution is 7.86. The second kappa shape index (κ2) is 14.7. The molecule has 17 nitrogen and oxygen atoms in total. The highest BCUT2D eigenvalue weighted by Gasteiger charge is 2.24. The number of benzene rings is 6. The van der Waals surface area contributed by atoms with Gasteiger partial charge in [0.15, 0.2) is 5.75 Å². The van der Waals surface area contributed by atoms with E-state index in [0.29, 0.717) is 22.7 Å². The number of aromatic hydroxyl groups is 1. The molecule has 0 aliphatic heterocycles. The van der Waals surface area contributed by atoms with Gasteiger partial charge in [-0.05, 0) is 90.7 Å². The first kappa shape index (κ1) is 38.7. The van der Waals surface area contributed by atoms with E-state index in [2.05, 4.69) is 25.8 Å². The van der Waals surface area contributed by atoms with Crippen molar-refractivity contribution in [2.45, 2.75) is 21.6 Å². The van der Waals surface area contributed by atoms with Crippen LogP contribution in [0.5, 0.6) is 17.2 Å². The Kier molecular flexibility index (Phi) is 10.3. The number of azo groups is 2. The summed E-state index contributed by atoms with van der Waals surface area (Å²) < 4.78 is 114. The van der Waals surface area contributed by atoms with Gasteiger partial charge in [-0.3, -0.25) is 13.7 Å². The average molecular weight is 808 g/mol. The number of nitrogens with one attached hydrogen (secondary N) is 1. The molecule has 0 fully saturated rings. The first-order valence-electron chi connectivity index (χ1n) is 15.6. The van der Waals surface area contributed by atoms with Gasteiger partial charge in [0.05, 0.1) is 25.6 Å². The van der Waals surface area contributed by atoms with Gasteiger partial charge in [0.1, 0.15) is 37.6 Å². The molecule has 0 radical (unpaired) electrons. The smallest absolute Gasteiger partial charge is 0.296 e. The minimum atomic E-state index is -4.94. The van der Waals surface area contributed by atoms with Gasteiger partial charge in [0.2, 0.25) is 0 Å². The van der Waals surface area contributed by atoms with E-state index in [9.17, 15) is 44.0 Å². The SMILES string of the molecule is COc1ccc(Nc2ccc3c(O)c(N=Nc4cc(C)c(N=Nc5cc(S(=O)(=O)O)c6cccc(S(=O)(=O)O)c6c5)cc4OC)c(S(=O)(=O)O)cc3c2)cc1. The number of fused-ring (bicyclic) bond motifs is 2. The lowest BCUT2D eigenvalue weighted by molar-refractivity contribution is 0.415. The standard InChI is InChI=1S/C35H29N5O12S3/c1-19-13-29(30(52-3)18-28(19)38-37-23-16-27-26(32(17-23)54(45,46)47)5-4-6-31(27)53(42,43)44)39-40-34-33(55(48,49)50)15-20-14-22(9-12-25(20)35(34)41)36-21-7-10-24(51-2)11-8-21/h4-18,36,41H,1-3H3,(H,42,43,44)(H,45,46,47)(H,48,49,50). The Balaban J connectivity index is 1.37. The van der Waals surface area contributed by atoms with E-state index in [1.165, 1.54) is 37.4 Å². The fourth-order valence-corrected chi connectivity index (χ4v) is 7.68. The maximum atomic E-state index is 12.5. The highest BCUT2D eigenvalue weighted by atomic mass is 32.2. The van der Waals surface area contributed by atoms with Crippen LogP contribution in [0.1, 0.15) is 5.56 Å². The number of ether oxygens (including phenoxy) is 2. The molecular formula is C35H29N5O12S3. The van der Waals surface area contributed by atoms with Crippen LogP contribution in [0.3, 0.4) is 0 Å². The lowest BCUT2D eigenvalue weighted by Crippen LogP contribution is -2.03. The molecule has 0 saturated carbocycles. The Morgan fingerprint density at radius 3 is 1.87 bits per heavy atom. The van der Waals surface area contributed by atoms with Gasteiger partial charge in [0, 0.05) is 33.6 Å². The fourth-order valence-electron chi connectivity index (χ4n) is 5.60. The third-order valence-electron chi connectivity index (χ3n) is 8.19. The Morgan fingerprint density at radius 1 is 0.582 bits per heavy atom. The summed E-state index contributed by atoms with van der Waals surface area (Å²) in [5.74, 6) is 0.111. The number of methoxy groups -OCH3 is 2. The Morgan fingerprint density at radius 2 is 1.24 bits per heavy atom. The lowest BCUT2D eigenvalue weighted by Gasteiger charge is -2.12. The Hall–Kier alpha value is -6.03. The summed E-state index contributed by atoms with van der Waals surface area (Å²) in [5.41, 5.74) is 1.08. The van der Waals surface area contributed by atoms with Gasteiger partial charge in [-0.15, -0.1) is 10.2 Å². The molecule has 0 aromatic heterocycles. The van der Waals surface area contributed by atoms with Crippen LogP contribution >= 0.6 is 0 Å². The summed E-state index contributed by atoms with van der Waals surface area (Å²) in [5, 5.41) is 30.6. The Labute approximate surface area is 313 Å². The highest BCUT2D eigenvalue weighted by Crippen LogP contribution is 2.44. The monoisotopic (exact) mass is 807 g/mol. The summed E-state index contributed by atoms with van der Waals surface area (Å²) in [4.78, 5) is -2.03. The molecule has 0 atom stereocenters. The van der Waals surface area contributed by atoms with Crippen LogP contribution < -0.4 is 14.8 Å². The van der Waals surface area contributed by atoms with Crippen molar-refractivity contribution < 1.29 is 53.5 Å². The summed E-state index contributed by atoms with van der Waals surface area (Å²) >= 11 is 0. The average Bonchev–Trinajstić information content (AvgIpc) is 3.12. The van der Waals surface area contributed by atoms with Crippen molar-refractivity contribution in [1.29, 1.82) is 0 Å². The second-order valence-corrected chi connectivity index (χ2v) is 16.0. The van der Waals surface area contributed by atoms with E-state index in [1.807, 2.05) is 0 Å². The molecule has 0 bridgehead atoms.